The summed E-state index contributed by atoms with van der Waals surface area (Å²) in [6.07, 6.45) is 2.01. The van der Waals surface area contributed by atoms with Crippen LogP contribution in [0, 0.1) is 0 Å². The van der Waals surface area contributed by atoms with Gasteiger partial charge in [0.2, 0.25) is 0 Å². The first kappa shape index (κ1) is 15.2. The summed E-state index contributed by atoms with van der Waals surface area (Å²) in [7, 11) is 0. The van der Waals surface area contributed by atoms with Crippen molar-refractivity contribution < 1.29 is 5.11 Å². The van der Waals surface area contributed by atoms with Gasteiger partial charge in [-0.1, -0.05) is 0 Å². The minimum Gasteiger partial charge on any atom is -0.388 e. The van der Waals surface area contributed by atoms with Crippen molar-refractivity contribution in [1.82, 2.24) is 10.6 Å². The summed E-state index contributed by atoms with van der Waals surface area (Å²) >= 11 is 1.67. The number of hydrogen-bond donors (Lipinski definition) is 3. The number of thioether (sulfide) groups is 1. The fraction of sp³-hybridized carbons (Fsp3) is 1.00. The highest BCUT2D eigenvalue weighted by molar-refractivity contribution is 7.98. The van der Waals surface area contributed by atoms with Gasteiger partial charge in [0.15, 0.2) is 0 Å². The Morgan fingerprint density at radius 1 is 1.13 bits per heavy atom. The third-order valence-corrected chi connectivity index (χ3v) is 2.83. The molecule has 4 heteroatoms. The van der Waals surface area contributed by atoms with Crippen molar-refractivity contribution in [2.24, 2.45) is 0 Å². The van der Waals surface area contributed by atoms with Crippen molar-refractivity contribution in [2.45, 2.75) is 38.8 Å². The molecule has 0 saturated carbocycles. The fourth-order valence-corrected chi connectivity index (χ4v) is 1.97. The molecule has 0 aliphatic heterocycles. The highest BCUT2D eigenvalue weighted by Crippen LogP contribution is 2.08. The lowest BCUT2D eigenvalue weighted by atomic mass is 10.1. The van der Waals surface area contributed by atoms with Gasteiger partial charge in [-0.3, -0.25) is 0 Å². The van der Waals surface area contributed by atoms with E-state index in [9.17, 15) is 5.11 Å². The van der Waals surface area contributed by atoms with Crippen molar-refractivity contribution >= 4 is 11.8 Å². The Balaban J connectivity index is 3.46. The summed E-state index contributed by atoms with van der Waals surface area (Å²) in [4.78, 5) is 0. The largest absolute Gasteiger partial charge is 0.388 e. The van der Waals surface area contributed by atoms with Gasteiger partial charge in [-0.25, -0.2) is 0 Å². The third kappa shape index (κ3) is 10.5. The third-order valence-electron chi connectivity index (χ3n) is 1.92. The molecule has 92 valence electrons. The summed E-state index contributed by atoms with van der Waals surface area (Å²) in [6, 6.07) is 0. The second-order valence-electron chi connectivity index (χ2n) is 5.28. The van der Waals surface area contributed by atoms with Gasteiger partial charge in [-0.15, -0.1) is 0 Å². The van der Waals surface area contributed by atoms with E-state index in [1.807, 2.05) is 13.2 Å². The molecule has 0 bridgehead atoms. The maximum atomic E-state index is 9.87. The van der Waals surface area contributed by atoms with E-state index in [0.717, 1.165) is 18.8 Å². The summed E-state index contributed by atoms with van der Waals surface area (Å²) < 4.78 is 0. The van der Waals surface area contributed by atoms with Crippen LogP contribution in [0.25, 0.3) is 0 Å². The van der Waals surface area contributed by atoms with Crippen LogP contribution in [0.15, 0.2) is 0 Å². The van der Waals surface area contributed by atoms with E-state index in [2.05, 4.69) is 31.4 Å². The molecule has 0 spiro atoms. The van der Waals surface area contributed by atoms with Crippen LogP contribution in [-0.2, 0) is 0 Å². The van der Waals surface area contributed by atoms with Crippen LogP contribution in [0.4, 0.5) is 0 Å². The Hall–Kier alpha value is 0.230. The molecule has 3 N–H and O–H groups in total. The minimum atomic E-state index is -0.596. The Labute approximate surface area is 98.4 Å². The van der Waals surface area contributed by atoms with E-state index in [0.29, 0.717) is 6.54 Å². The van der Waals surface area contributed by atoms with Crippen LogP contribution in [0.2, 0.25) is 0 Å². The average Bonchev–Trinajstić information content (AvgIpc) is 2.00. The topological polar surface area (TPSA) is 44.3 Å². The molecule has 0 aliphatic carbocycles. The lowest BCUT2D eigenvalue weighted by Gasteiger charge is -2.24. The molecule has 0 aromatic heterocycles. The van der Waals surface area contributed by atoms with E-state index in [-0.39, 0.29) is 5.54 Å². The van der Waals surface area contributed by atoms with Crippen LogP contribution < -0.4 is 10.6 Å². The number of nitrogens with one attached hydrogen (secondary N) is 2. The van der Waals surface area contributed by atoms with Gasteiger partial charge in [0.25, 0.3) is 0 Å². The van der Waals surface area contributed by atoms with Crippen LogP contribution in [0.1, 0.15) is 27.7 Å². The van der Waals surface area contributed by atoms with Gasteiger partial charge in [-0.05, 0) is 34.0 Å². The van der Waals surface area contributed by atoms with Crippen molar-refractivity contribution in [3.05, 3.63) is 0 Å². The Kier molecular flexibility index (Phi) is 6.84. The first-order valence-corrected chi connectivity index (χ1v) is 6.83. The molecule has 1 unspecified atom stereocenters. The molecule has 0 radical (unpaired) electrons. The van der Waals surface area contributed by atoms with Crippen LogP contribution in [0.3, 0.4) is 0 Å². The molecule has 0 aromatic carbocycles. The molecule has 3 nitrogen and oxygen atoms in total. The van der Waals surface area contributed by atoms with Crippen molar-refractivity contribution in [3.63, 3.8) is 0 Å². The van der Waals surface area contributed by atoms with Crippen LogP contribution in [0.5, 0.6) is 0 Å². The van der Waals surface area contributed by atoms with E-state index >= 15 is 0 Å². The molecule has 0 rings (SSSR count). The molecule has 0 fully saturated rings. The Morgan fingerprint density at radius 2 is 1.73 bits per heavy atom. The molecule has 1 atom stereocenters. The molecule has 15 heavy (non-hydrogen) atoms. The number of aliphatic hydroxyl groups is 1. The predicted octanol–water partition coefficient (Wildman–Crippen LogP) is 1.08. The molecule has 0 amide bonds. The van der Waals surface area contributed by atoms with Gasteiger partial charge in [0, 0.05) is 30.9 Å². The first-order valence-electron chi connectivity index (χ1n) is 5.44. The summed E-state index contributed by atoms with van der Waals surface area (Å²) in [5.41, 5.74) is -0.426. The highest BCUT2D eigenvalue weighted by atomic mass is 32.2. The van der Waals surface area contributed by atoms with Crippen LogP contribution >= 0.6 is 11.8 Å². The van der Waals surface area contributed by atoms with Gasteiger partial charge in [0.1, 0.15) is 0 Å². The standard InChI is InChI=1S/C11H26N2OS/c1-10(2,3)13-7-6-12-8-11(4,14)9-15-5/h12-14H,6-9H2,1-5H3. The Morgan fingerprint density at radius 3 is 2.20 bits per heavy atom. The van der Waals surface area contributed by atoms with E-state index in [1.165, 1.54) is 0 Å². The zero-order chi connectivity index (χ0) is 11.9. The molecule has 0 heterocycles. The number of rotatable bonds is 7. The van der Waals surface area contributed by atoms with E-state index < -0.39 is 5.60 Å². The lowest BCUT2D eigenvalue weighted by Crippen LogP contribution is -2.44. The highest BCUT2D eigenvalue weighted by Gasteiger charge is 2.18. The molecular formula is C11H26N2OS. The van der Waals surface area contributed by atoms with Gasteiger partial charge < -0.3 is 15.7 Å². The minimum absolute atomic E-state index is 0.170. The second kappa shape index (κ2) is 6.74. The maximum absolute atomic E-state index is 9.87. The van der Waals surface area contributed by atoms with Crippen LogP contribution in [-0.4, -0.2) is 47.9 Å². The quantitative estimate of drug-likeness (QED) is 0.577. The van der Waals surface area contributed by atoms with E-state index in [4.69, 9.17) is 0 Å². The Bertz CT molecular complexity index is 166. The molecular weight excluding hydrogens is 208 g/mol. The number of hydrogen-bond acceptors (Lipinski definition) is 4. The van der Waals surface area contributed by atoms with Gasteiger partial charge in [0.05, 0.1) is 5.60 Å². The van der Waals surface area contributed by atoms with Crippen molar-refractivity contribution in [3.8, 4) is 0 Å². The summed E-state index contributed by atoms with van der Waals surface area (Å²) in [6.45, 7) is 10.8. The monoisotopic (exact) mass is 234 g/mol. The zero-order valence-corrected chi connectivity index (χ0v) is 11.5. The smallest absolute Gasteiger partial charge is 0.0833 e. The lowest BCUT2D eigenvalue weighted by molar-refractivity contribution is 0.0851. The second-order valence-corrected chi connectivity index (χ2v) is 6.15. The normalized spacial score (nSPS) is 16.4. The molecule has 0 aliphatic rings. The SMILES string of the molecule is CSCC(C)(O)CNCCNC(C)(C)C. The predicted molar refractivity (Wildman–Crippen MR) is 69.6 cm³/mol. The average molecular weight is 234 g/mol. The summed E-state index contributed by atoms with van der Waals surface area (Å²) in [5, 5.41) is 16.5. The maximum Gasteiger partial charge on any atom is 0.0833 e. The van der Waals surface area contributed by atoms with Gasteiger partial charge in [-0.2, -0.15) is 11.8 Å². The van der Waals surface area contributed by atoms with E-state index in [1.54, 1.807) is 11.8 Å². The fourth-order valence-electron chi connectivity index (χ4n) is 1.25. The first-order chi connectivity index (χ1) is 6.77. The van der Waals surface area contributed by atoms with Gasteiger partial charge >= 0.3 is 0 Å². The molecule has 0 saturated heterocycles. The van der Waals surface area contributed by atoms with Crippen molar-refractivity contribution in [2.75, 3.05) is 31.6 Å². The summed E-state index contributed by atoms with van der Waals surface area (Å²) in [5.74, 6) is 0.771. The zero-order valence-electron chi connectivity index (χ0n) is 10.7. The molecule has 0 aromatic rings. The van der Waals surface area contributed by atoms with Crippen molar-refractivity contribution in [1.29, 1.82) is 0 Å².